The van der Waals surface area contributed by atoms with E-state index in [1.165, 1.54) is 0 Å². The van der Waals surface area contributed by atoms with E-state index in [2.05, 4.69) is 23.0 Å². The summed E-state index contributed by atoms with van der Waals surface area (Å²) in [5.41, 5.74) is 8.76. The Morgan fingerprint density at radius 2 is 0.791 bits per heavy atom. The summed E-state index contributed by atoms with van der Waals surface area (Å²) in [5.74, 6) is 0. The zero-order valence-corrected chi connectivity index (χ0v) is 22.5. The van der Waals surface area contributed by atoms with E-state index in [0.717, 1.165) is 76.9 Å². The van der Waals surface area contributed by atoms with Gasteiger partial charge >= 0.3 is 0 Å². The Labute approximate surface area is 244 Å². The van der Waals surface area contributed by atoms with Gasteiger partial charge in [0, 0.05) is 54.6 Å². The maximum Gasteiger partial charge on any atom is 0.229 e. The van der Waals surface area contributed by atoms with Crippen LogP contribution in [0.15, 0.2) is 122 Å². The first-order valence-corrected chi connectivity index (χ1v) is 13.9. The fraction of sp³-hybridized carbons (Fsp3) is 0. The first-order chi connectivity index (χ1) is 21.2. The fourth-order valence-corrected chi connectivity index (χ4v) is 6.47. The normalized spacial score (nSPS) is 11.7. The zero-order valence-electron chi connectivity index (χ0n) is 22.5. The lowest BCUT2D eigenvalue weighted by atomic mass is 9.98. The number of benzene rings is 6. The first kappa shape index (κ1) is 23.4. The number of rotatable bonds is 2. The highest BCUT2D eigenvalue weighted by Crippen LogP contribution is 2.45. The second-order valence-electron chi connectivity index (χ2n) is 10.6. The molecule has 0 atom stereocenters. The SMILES string of the molecule is [C-]#[N+]c1cccc2c1oc1c(-c3cccc4c3oc3c(-c5cccc6c5oc5c(C#N)cccc56)cccc34)cccc12. The third-order valence-corrected chi connectivity index (χ3v) is 8.37. The van der Waals surface area contributed by atoms with Crippen molar-refractivity contribution in [1.82, 2.24) is 0 Å². The molecule has 6 aromatic carbocycles. The molecule has 0 fully saturated rings. The van der Waals surface area contributed by atoms with Gasteiger partial charge in [0.2, 0.25) is 5.69 Å². The lowest BCUT2D eigenvalue weighted by Gasteiger charge is -2.04. The molecule has 0 unspecified atom stereocenters. The Morgan fingerprint density at radius 3 is 1.23 bits per heavy atom. The zero-order chi connectivity index (χ0) is 28.7. The van der Waals surface area contributed by atoms with Gasteiger partial charge in [-0.05, 0) is 6.07 Å². The summed E-state index contributed by atoms with van der Waals surface area (Å²) in [6, 6.07) is 38.0. The summed E-state index contributed by atoms with van der Waals surface area (Å²) in [7, 11) is 0. The molecule has 0 bridgehead atoms. The smallest absolute Gasteiger partial charge is 0.229 e. The van der Waals surface area contributed by atoms with Gasteiger partial charge in [0.25, 0.3) is 0 Å². The van der Waals surface area contributed by atoms with Crippen molar-refractivity contribution in [3.8, 4) is 28.3 Å². The summed E-state index contributed by atoms with van der Waals surface area (Å²) < 4.78 is 19.5. The number of fused-ring (bicyclic) bond motifs is 9. The molecule has 0 aliphatic rings. The number of nitriles is 1. The lowest BCUT2D eigenvalue weighted by molar-refractivity contribution is 0.663. The first-order valence-electron chi connectivity index (χ1n) is 13.9. The topological polar surface area (TPSA) is 67.6 Å². The molecule has 0 radical (unpaired) electrons. The monoisotopic (exact) mass is 550 g/mol. The predicted molar refractivity (Wildman–Crippen MR) is 170 cm³/mol. The van der Waals surface area contributed by atoms with Crippen molar-refractivity contribution in [2.24, 2.45) is 0 Å². The van der Waals surface area contributed by atoms with E-state index in [0.29, 0.717) is 22.4 Å². The van der Waals surface area contributed by atoms with Crippen LogP contribution in [0.4, 0.5) is 5.69 Å². The van der Waals surface area contributed by atoms with E-state index in [9.17, 15) is 5.26 Å². The molecule has 0 amide bonds. The molecular formula is C38H18N2O3. The van der Waals surface area contributed by atoms with Crippen LogP contribution in [0, 0.1) is 17.9 Å². The molecule has 43 heavy (non-hydrogen) atoms. The maximum atomic E-state index is 9.68. The molecule has 0 N–H and O–H groups in total. The van der Waals surface area contributed by atoms with E-state index in [1.807, 2.05) is 84.9 Å². The van der Waals surface area contributed by atoms with Gasteiger partial charge in [0.05, 0.1) is 12.1 Å². The van der Waals surface area contributed by atoms with Crippen LogP contribution in [-0.4, -0.2) is 0 Å². The second kappa shape index (κ2) is 8.60. The highest BCUT2D eigenvalue weighted by molar-refractivity contribution is 6.19. The molecular weight excluding hydrogens is 532 g/mol. The quantitative estimate of drug-likeness (QED) is 0.201. The molecule has 9 rings (SSSR count). The van der Waals surface area contributed by atoms with E-state index < -0.39 is 0 Å². The minimum Gasteiger partial charge on any atom is -0.466 e. The third kappa shape index (κ3) is 3.14. The Hall–Kier alpha value is -6.30. The van der Waals surface area contributed by atoms with Gasteiger partial charge in [-0.25, -0.2) is 4.85 Å². The molecule has 0 saturated heterocycles. The van der Waals surface area contributed by atoms with Crippen molar-refractivity contribution in [3.63, 3.8) is 0 Å². The van der Waals surface area contributed by atoms with E-state index in [4.69, 9.17) is 19.8 Å². The van der Waals surface area contributed by atoms with Crippen molar-refractivity contribution >= 4 is 71.5 Å². The summed E-state index contributed by atoms with van der Waals surface area (Å²) in [6.45, 7) is 7.61. The average molecular weight is 551 g/mol. The molecule has 0 spiro atoms. The summed E-state index contributed by atoms with van der Waals surface area (Å²) in [5, 5.41) is 15.4. The van der Waals surface area contributed by atoms with Crippen molar-refractivity contribution in [2.45, 2.75) is 0 Å². The van der Waals surface area contributed by atoms with Crippen molar-refractivity contribution in [3.05, 3.63) is 126 Å². The molecule has 3 aromatic heterocycles. The maximum absolute atomic E-state index is 9.68. The summed E-state index contributed by atoms with van der Waals surface area (Å²) in [4.78, 5) is 3.67. The molecule has 0 saturated carbocycles. The Balaban J connectivity index is 1.33. The van der Waals surface area contributed by atoms with Gasteiger partial charge in [-0.3, -0.25) is 0 Å². The van der Waals surface area contributed by atoms with Crippen molar-refractivity contribution < 1.29 is 13.3 Å². The van der Waals surface area contributed by atoms with Crippen LogP contribution in [0.1, 0.15) is 5.56 Å². The van der Waals surface area contributed by atoms with Crippen LogP contribution in [0.5, 0.6) is 0 Å². The molecule has 9 aromatic rings. The molecule has 3 heterocycles. The van der Waals surface area contributed by atoms with Crippen molar-refractivity contribution in [2.75, 3.05) is 0 Å². The minimum absolute atomic E-state index is 0.493. The van der Waals surface area contributed by atoms with Crippen LogP contribution in [0.2, 0.25) is 0 Å². The lowest BCUT2D eigenvalue weighted by Crippen LogP contribution is -1.80. The van der Waals surface area contributed by atoms with Gasteiger partial charge in [-0.2, -0.15) is 5.26 Å². The largest absolute Gasteiger partial charge is 0.466 e. The highest BCUT2D eigenvalue weighted by Gasteiger charge is 2.21. The third-order valence-electron chi connectivity index (χ3n) is 8.37. The standard InChI is InChI=1S/C38H18N2O3/c1-40-32-19-7-18-31-30-17-6-16-29(37(30)43-38(31)32)28-15-5-14-27-26-13-4-12-25(35(26)42-36(27)28)24-11-3-10-23-22-9-2-8-21(20-39)33(22)41-34(23)24/h2-19H. The average Bonchev–Trinajstić information content (AvgIpc) is 3.76. The number of furan rings is 3. The van der Waals surface area contributed by atoms with Gasteiger partial charge in [-0.15, -0.1) is 0 Å². The Morgan fingerprint density at radius 1 is 0.442 bits per heavy atom. The highest BCUT2D eigenvalue weighted by atomic mass is 16.3. The number of para-hydroxylation sites is 6. The van der Waals surface area contributed by atoms with Crippen LogP contribution >= 0.6 is 0 Å². The molecule has 0 aliphatic heterocycles. The van der Waals surface area contributed by atoms with Gasteiger partial charge in [0.15, 0.2) is 5.58 Å². The van der Waals surface area contributed by atoms with Crippen LogP contribution in [-0.2, 0) is 0 Å². The molecule has 5 heteroatoms. The fourth-order valence-electron chi connectivity index (χ4n) is 6.47. The van der Waals surface area contributed by atoms with Crippen LogP contribution < -0.4 is 0 Å². The Bertz CT molecular complexity index is 2520. The molecule has 0 aliphatic carbocycles. The van der Waals surface area contributed by atoms with E-state index in [1.54, 1.807) is 12.1 Å². The summed E-state index contributed by atoms with van der Waals surface area (Å²) >= 11 is 0. The summed E-state index contributed by atoms with van der Waals surface area (Å²) in [6.07, 6.45) is 0. The van der Waals surface area contributed by atoms with E-state index in [-0.39, 0.29) is 0 Å². The molecule has 198 valence electrons. The molecule has 5 nitrogen and oxygen atoms in total. The van der Waals surface area contributed by atoms with Crippen LogP contribution in [0.25, 0.3) is 92.9 Å². The predicted octanol–water partition coefficient (Wildman–Crippen LogP) is 11.1. The number of hydrogen-bond acceptors (Lipinski definition) is 4. The van der Waals surface area contributed by atoms with Gasteiger partial charge in [-0.1, -0.05) is 103 Å². The number of hydrogen-bond donors (Lipinski definition) is 0. The van der Waals surface area contributed by atoms with Crippen molar-refractivity contribution in [1.29, 1.82) is 5.26 Å². The van der Waals surface area contributed by atoms with Crippen LogP contribution in [0.3, 0.4) is 0 Å². The second-order valence-corrected chi connectivity index (χ2v) is 10.6. The van der Waals surface area contributed by atoms with Gasteiger partial charge in [0.1, 0.15) is 34.0 Å². The minimum atomic E-state index is 0.493. The van der Waals surface area contributed by atoms with Gasteiger partial charge < -0.3 is 13.3 Å². The van der Waals surface area contributed by atoms with E-state index >= 15 is 0 Å². The Kier molecular flexibility index (Phi) is 4.68. The number of nitrogens with zero attached hydrogens (tertiary/aromatic N) is 2.